The van der Waals surface area contributed by atoms with Crippen molar-refractivity contribution in [3.8, 4) is 6.07 Å². The molecule has 0 aromatic heterocycles. The molecular formula is C18H17N3O2. The Morgan fingerprint density at radius 2 is 1.65 bits per heavy atom. The predicted octanol–water partition coefficient (Wildman–Crippen LogP) is 3.14. The molecule has 116 valence electrons. The maximum Gasteiger partial charge on any atom is 0.233 e. The molecule has 0 unspecified atom stereocenters. The first kappa shape index (κ1) is 16.2. The molecule has 0 heterocycles. The fourth-order valence-electron chi connectivity index (χ4n) is 2.18. The van der Waals surface area contributed by atoms with E-state index in [0.29, 0.717) is 16.9 Å². The Morgan fingerprint density at radius 3 is 2.30 bits per heavy atom. The number of carbonyl (C=O) groups is 2. The highest BCUT2D eigenvalue weighted by atomic mass is 16.2. The van der Waals surface area contributed by atoms with E-state index in [1.54, 1.807) is 24.3 Å². The second-order valence-electron chi connectivity index (χ2n) is 5.25. The highest BCUT2D eigenvalue weighted by Crippen LogP contribution is 2.17. The van der Waals surface area contributed by atoms with Crippen molar-refractivity contribution in [3.05, 3.63) is 59.2 Å². The van der Waals surface area contributed by atoms with Gasteiger partial charge in [0.2, 0.25) is 11.8 Å². The van der Waals surface area contributed by atoms with Crippen LogP contribution in [0.3, 0.4) is 0 Å². The quantitative estimate of drug-likeness (QED) is 0.851. The molecule has 2 aromatic rings. The van der Waals surface area contributed by atoms with Gasteiger partial charge in [-0.3, -0.25) is 9.59 Å². The van der Waals surface area contributed by atoms with Gasteiger partial charge >= 0.3 is 0 Å². The molecule has 0 aliphatic carbocycles. The van der Waals surface area contributed by atoms with Gasteiger partial charge in [0, 0.05) is 5.69 Å². The zero-order valence-corrected chi connectivity index (χ0v) is 13.0. The summed E-state index contributed by atoms with van der Waals surface area (Å²) in [6.45, 7) is 3.87. The van der Waals surface area contributed by atoms with Gasteiger partial charge in [0.1, 0.15) is 12.5 Å². The Balaban J connectivity index is 1.97. The van der Waals surface area contributed by atoms with Gasteiger partial charge < -0.3 is 10.6 Å². The molecule has 0 saturated heterocycles. The minimum atomic E-state index is -0.463. The topological polar surface area (TPSA) is 82.0 Å². The van der Waals surface area contributed by atoms with Crippen molar-refractivity contribution in [2.24, 2.45) is 0 Å². The number of aryl methyl sites for hydroxylation is 2. The van der Waals surface area contributed by atoms with Crippen LogP contribution in [-0.4, -0.2) is 11.8 Å². The molecule has 0 aliphatic rings. The van der Waals surface area contributed by atoms with Gasteiger partial charge in [0.25, 0.3) is 0 Å². The lowest BCUT2D eigenvalue weighted by Crippen LogP contribution is -2.22. The van der Waals surface area contributed by atoms with Gasteiger partial charge in [0.15, 0.2) is 0 Å². The third kappa shape index (κ3) is 4.42. The molecule has 5 heteroatoms. The Bertz CT molecular complexity index is 791. The lowest BCUT2D eigenvalue weighted by atomic mass is 10.1. The molecule has 0 spiro atoms. The van der Waals surface area contributed by atoms with Crippen LogP contribution in [0.1, 0.15) is 23.1 Å². The number of para-hydroxylation sites is 1. The first-order chi connectivity index (χ1) is 11.0. The summed E-state index contributed by atoms with van der Waals surface area (Å²) in [6.07, 6.45) is -0.312. The summed E-state index contributed by atoms with van der Waals surface area (Å²) in [6, 6.07) is 14.3. The molecule has 2 amide bonds. The second kappa shape index (κ2) is 7.23. The first-order valence-corrected chi connectivity index (χ1v) is 7.15. The van der Waals surface area contributed by atoms with Crippen LogP contribution >= 0.6 is 0 Å². The summed E-state index contributed by atoms with van der Waals surface area (Å²) in [7, 11) is 0. The van der Waals surface area contributed by atoms with Crippen LogP contribution < -0.4 is 10.6 Å². The molecule has 0 fully saturated rings. The van der Waals surface area contributed by atoms with Crippen molar-refractivity contribution < 1.29 is 9.59 Å². The number of anilines is 2. The summed E-state index contributed by atoms with van der Waals surface area (Å²) in [5.41, 5.74) is 3.49. The Morgan fingerprint density at radius 1 is 1.00 bits per heavy atom. The molecule has 0 radical (unpaired) electrons. The molecule has 23 heavy (non-hydrogen) atoms. The van der Waals surface area contributed by atoms with Crippen LogP contribution in [0.15, 0.2) is 42.5 Å². The van der Waals surface area contributed by atoms with E-state index in [2.05, 4.69) is 10.6 Å². The van der Waals surface area contributed by atoms with Crippen molar-refractivity contribution in [2.75, 3.05) is 10.6 Å². The summed E-state index contributed by atoms with van der Waals surface area (Å²) in [5, 5.41) is 14.3. The molecular weight excluding hydrogens is 290 g/mol. The van der Waals surface area contributed by atoms with Crippen LogP contribution in [0.5, 0.6) is 0 Å². The molecule has 0 bridgehead atoms. The van der Waals surface area contributed by atoms with E-state index >= 15 is 0 Å². The largest absolute Gasteiger partial charge is 0.325 e. The molecule has 0 aliphatic heterocycles. The number of nitrogens with zero attached hydrogens (tertiary/aromatic N) is 1. The number of rotatable bonds is 4. The molecule has 5 nitrogen and oxygen atoms in total. The van der Waals surface area contributed by atoms with Gasteiger partial charge in [-0.25, -0.2) is 0 Å². The third-order valence-corrected chi connectivity index (χ3v) is 3.30. The monoisotopic (exact) mass is 307 g/mol. The zero-order valence-electron chi connectivity index (χ0n) is 13.0. The van der Waals surface area contributed by atoms with Gasteiger partial charge in [-0.05, 0) is 37.6 Å². The molecule has 2 rings (SSSR count). The van der Waals surface area contributed by atoms with Gasteiger partial charge in [-0.2, -0.15) is 5.26 Å². The number of hydrogen-bond acceptors (Lipinski definition) is 3. The van der Waals surface area contributed by atoms with Crippen LogP contribution in [-0.2, 0) is 9.59 Å². The molecule has 2 N–H and O–H groups in total. The van der Waals surface area contributed by atoms with E-state index in [0.717, 1.165) is 11.1 Å². The summed E-state index contributed by atoms with van der Waals surface area (Å²) < 4.78 is 0. The number of nitrogens with one attached hydrogen (secondary N) is 2. The van der Waals surface area contributed by atoms with Crippen LogP contribution in [0.25, 0.3) is 0 Å². The Hall–Kier alpha value is -3.13. The van der Waals surface area contributed by atoms with E-state index in [-0.39, 0.29) is 6.42 Å². The smallest absolute Gasteiger partial charge is 0.233 e. The zero-order chi connectivity index (χ0) is 16.8. The SMILES string of the molecule is Cc1ccc(NC(=O)CC(=O)Nc2ccccc2C#N)c(C)c1. The van der Waals surface area contributed by atoms with Crippen molar-refractivity contribution in [1.29, 1.82) is 5.26 Å². The third-order valence-electron chi connectivity index (χ3n) is 3.30. The maximum atomic E-state index is 12.0. The average molecular weight is 307 g/mol. The predicted molar refractivity (Wildman–Crippen MR) is 88.9 cm³/mol. The van der Waals surface area contributed by atoms with Gasteiger partial charge in [0.05, 0.1) is 11.3 Å². The normalized spacial score (nSPS) is 9.78. The molecule has 0 saturated carbocycles. The number of carbonyl (C=O) groups excluding carboxylic acids is 2. The van der Waals surface area contributed by atoms with Gasteiger partial charge in [-0.15, -0.1) is 0 Å². The van der Waals surface area contributed by atoms with Crippen molar-refractivity contribution in [2.45, 2.75) is 20.3 Å². The van der Waals surface area contributed by atoms with Crippen LogP contribution in [0.2, 0.25) is 0 Å². The number of nitriles is 1. The summed E-state index contributed by atoms with van der Waals surface area (Å²) in [5.74, 6) is -0.862. The van der Waals surface area contributed by atoms with Crippen molar-refractivity contribution in [1.82, 2.24) is 0 Å². The maximum absolute atomic E-state index is 12.0. The average Bonchev–Trinajstić information content (AvgIpc) is 2.50. The van der Waals surface area contributed by atoms with E-state index in [9.17, 15) is 9.59 Å². The second-order valence-corrected chi connectivity index (χ2v) is 5.25. The summed E-state index contributed by atoms with van der Waals surface area (Å²) in [4.78, 5) is 23.9. The Labute approximate surface area is 134 Å². The van der Waals surface area contributed by atoms with E-state index in [4.69, 9.17) is 5.26 Å². The molecule has 0 atom stereocenters. The van der Waals surface area contributed by atoms with E-state index < -0.39 is 11.8 Å². The van der Waals surface area contributed by atoms with Crippen LogP contribution in [0, 0.1) is 25.2 Å². The fraction of sp³-hybridized carbons (Fsp3) is 0.167. The van der Waals surface area contributed by atoms with Crippen molar-refractivity contribution in [3.63, 3.8) is 0 Å². The lowest BCUT2D eigenvalue weighted by Gasteiger charge is -2.10. The number of benzene rings is 2. The van der Waals surface area contributed by atoms with Crippen molar-refractivity contribution >= 4 is 23.2 Å². The van der Waals surface area contributed by atoms with E-state index in [1.165, 1.54) is 0 Å². The van der Waals surface area contributed by atoms with Crippen LogP contribution in [0.4, 0.5) is 11.4 Å². The first-order valence-electron chi connectivity index (χ1n) is 7.15. The lowest BCUT2D eigenvalue weighted by molar-refractivity contribution is -0.123. The number of hydrogen-bond donors (Lipinski definition) is 2. The standard InChI is InChI=1S/C18H17N3O2/c1-12-7-8-15(13(2)9-12)20-17(22)10-18(23)21-16-6-4-3-5-14(16)11-19/h3-9H,10H2,1-2H3,(H,20,22)(H,21,23). The highest BCUT2D eigenvalue weighted by Gasteiger charge is 2.12. The number of amides is 2. The summed E-state index contributed by atoms with van der Waals surface area (Å²) >= 11 is 0. The fourth-order valence-corrected chi connectivity index (χ4v) is 2.18. The minimum Gasteiger partial charge on any atom is -0.325 e. The minimum absolute atomic E-state index is 0.312. The Kier molecular flexibility index (Phi) is 5.11. The highest BCUT2D eigenvalue weighted by molar-refractivity contribution is 6.08. The van der Waals surface area contributed by atoms with E-state index in [1.807, 2.05) is 38.1 Å². The molecule has 2 aromatic carbocycles. The van der Waals surface area contributed by atoms with Gasteiger partial charge in [-0.1, -0.05) is 29.8 Å².